The van der Waals surface area contributed by atoms with E-state index < -0.39 is 6.04 Å². The molecule has 3 rings (SSSR count). The molecule has 1 unspecified atom stereocenters. The fourth-order valence-corrected chi connectivity index (χ4v) is 2.37. The van der Waals surface area contributed by atoms with Crippen molar-refractivity contribution in [3.63, 3.8) is 0 Å². The van der Waals surface area contributed by atoms with Crippen molar-refractivity contribution in [3.8, 4) is 0 Å². The van der Waals surface area contributed by atoms with E-state index in [2.05, 4.69) is 10.3 Å². The molecule has 0 spiro atoms. The Bertz CT molecular complexity index is 565. The molecule has 5 nitrogen and oxygen atoms in total. The summed E-state index contributed by atoms with van der Waals surface area (Å²) in [4.78, 5) is 29.0. The van der Waals surface area contributed by atoms with Gasteiger partial charge >= 0.3 is 0 Å². The lowest BCUT2D eigenvalue weighted by atomic mass is 10.0. The molecule has 0 aromatic heterocycles. The first-order valence-electron chi connectivity index (χ1n) is 5.87. The number of carbonyl (C=O) groups excluding carboxylic acids is 2. The molecule has 2 heterocycles. The number of benzene rings is 1. The van der Waals surface area contributed by atoms with Crippen LogP contribution in [0.5, 0.6) is 0 Å². The lowest BCUT2D eigenvalue weighted by Crippen LogP contribution is -2.40. The highest BCUT2D eigenvalue weighted by Crippen LogP contribution is 2.28. The van der Waals surface area contributed by atoms with Crippen LogP contribution in [-0.2, 0) is 16.1 Å². The molecule has 1 saturated heterocycles. The molecule has 0 radical (unpaired) electrons. The first kappa shape index (κ1) is 11.0. The van der Waals surface area contributed by atoms with Gasteiger partial charge in [-0.05, 0) is 18.6 Å². The van der Waals surface area contributed by atoms with Crippen molar-refractivity contribution in [2.75, 3.05) is 0 Å². The van der Waals surface area contributed by atoms with Crippen LogP contribution in [0.2, 0.25) is 0 Å². The summed E-state index contributed by atoms with van der Waals surface area (Å²) in [5.74, 6) is -0.447. The van der Waals surface area contributed by atoms with Crippen molar-refractivity contribution in [2.24, 2.45) is 4.99 Å². The van der Waals surface area contributed by atoms with E-state index in [0.29, 0.717) is 6.54 Å². The molecule has 18 heavy (non-hydrogen) atoms. The van der Waals surface area contributed by atoms with Crippen molar-refractivity contribution >= 4 is 23.8 Å². The number of hydrogen-bond donors (Lipinski definition) is 1. The third-order valence-corrected chi connectivity index (χ3v) is 3.42. The Labute approximate surface area is 105 Å². The van der Waals surface area contributed by atoms with Crippen LogP contribution < -0.4 is 5.32 Å². The summed E-state index contributed by atoms with van der Waals surface area (Å²) in [6, 6.07) is 5.52. The van der Waals surface area contributed by atoms with Gasteiger partial charge in [-0.1, -0.05) is 12.1 Å². The van der Waals surface area contributed by atoms with Crippen molar-refractivity contribution < 1.29 is 9.59 Å². The molecule has 1 aromatic rings. The van der Waals surface area contributed by atoms with E-state index in [1.54, 1.807) is 6.34 Å². The molecule has 1 atom stereocenters. The summed E-state index contributed by atoms with van der Waals surface area (Å²) in [6.07, 6.45) is 1.87. The molecule has 1 aromatic carbocycles. The van der Waals surface area contributed by atoms with Gasteiger partial charge in [0.1, 0.15) is 6.04 Å². The minimum atomic E-state index is -0.422. The van der Waals surface area contributed by atoms with Crippen LogP contribution in [-0.4, -0.2) is 29.1 Å². The predicted molar refractivity (Wildman–Crippen MR) is 66.4 cm³/mol. The van der Waals surface area contributed by atoms with E-state index in [4.69, 9.17) is 0 Å². The Hall–Kier alpha value is -2.17. The maximum absolute atomic E-state index is 11.6. The largest absolute Gasteiger partial charge is 0.346 e. The van der Waals surface area contributed by atoms with Crippen LogP contribution in [0, 0.1) is 6.92 Å². The molecule has 2 aliphatic rings. The second-order valence-corrected chi connectivity index (χ2v) is 4.62. The number of aryl methyl sites for hydroxylation is 1. The van der Waals surface area contributed by atoms with Crippen LogP contribution >= 0.6 is 0 Å². The van der Waals surface area contributed by atoms with Gasteiger partial charge in [0.25, 0.3) is 0 Å². The number of rotatable bonds is 1. The van der Waals surface area contributed by atoms with Gasteiger partial charge in [0, 0.05) is 12.1 Å². The lowest BCUT2D eigenvalue weighted by Gasteiger charge is -2.28. The zero-order chi connectivity index (χ0) is 12.7. The number of fused-ring (bicyclic) bond motifs is 1. The third kappa shape index (κ3) is 1.68. The Balaban J connectivity index is 1.89. The lowest BCUT2D eigenvalue weighted by molar-refractivity contribution is -0.125. The summed E-state index contributed by atoms with van der Waals surface area (Å²) < 4.78 is 0. The molecule has 92 valence electrons. The number of aliphatic imine (C=N–C) groups is 1. The Morgan fingerprint density at radius 1 is 1.39 bits per heavy atom. The molecular weight excluding hydrogens is 230 g/mol. The van der Waals surface area contributed by atoms with Crippen molar-refractivity contribution in [3.05, 3.63) is 29.3 Å². The maximum Gasteiger partial charge on any atom is 0.249 e. The minimum Gasteiger partial charge on any atom is -0.346 e. The smallest absolute Gasteiger partial charge is 0.249 e. The van der Waals surface area contributed by atoms with E-state index in [0.717, 1.165) is 16.8 Å². The van der Waals surface area contributed by atoms with E-state index >= 15 is 0 Å². The zero-order valence-electron chi connectivity index (χ0n) is 10.0. The second kappa shape index (κ2) is 3.94. The SMILES string of the molecule is Cc1cccc2c1CN(C1CC(=O)NC1=O)C=N2. The van der Waals surface area contributed by atoms with Crippen LogP contribution in [0.3, 0.4) is 0 Å². The van der Waals surface area contributed by atoms with Gasteiger partial charge in [0.05, 0.1) is 18.4 Å². The quantitative estimate of drug-likeness (QED) is 0.745. The molecule has 2 aliphatic heterocycles. The van der Waals surface area contributed by atoms with E-state index in [1.807, 2.05) is 30.0 Å². The third-order valence-electron chi connectivity index (χ3n) is 3.42. The molecule has 1 N–H and O–H groups in total. The fraction of sp³-hybridized carbons (Fsp3) is 0.308. The molecule has 1 fully saturated rings. The fourth-order valence-electron chi connectivity index (χ4n) is 2.37. The summed E-state index contributed by atoms with van der Waals surface area (Å²) >= 11 is 0. The summed E-state index contributed by atoms with van der Waals surface area (Å²) in [6.45, 7) is 2.65. The van der Waals surface area contributed by atoms with Gasteiger partial charge in [0.15, 0.2) is 0 Å². The average Bonchev–Trinajstić information content (AvgIpc) is 2.69. The number of amides is 2. The molecular formula is C13H13N3O2. The number of nitrogens with one attached hydrogen (secondary N) is 1. The highest BCUT2D eigenvalue weighted by Gasteiger charge is 2.35. The standard InChI is InChI=1S/C13H13N3O2/c1-8-3-2-4-10-9(8)6-16(7-14-10)11-5-12(17)15-13(11)18/h2-4,7,11H,5-6H2,1H3,(H,15,17,18). The average molecular weight is 243 g/mol. The van der Waals surface area contributed by atoms with Crippen LogP contribution in [0.1, 0.15) is 17.5 Å². The monoisotopic (exact) mass is 243 g/mol. The zero-order valence-corrected chi connectivity index (χ0v) is 10.0. The summed E-state index contributed by atoms with van der Waals surface area (Å²) in [7, 11) is 0. The number of carbonyl (C=O) groups is 2. The Morgan fingerprint density at radius 3 is 2.94 bits per heavy atom. The molecule has 2 amide bonds. The second-order valence-electron chi connectivity index (χ2n) is 4.62. The number of nitrogens with zero attached hydrogens (tertiary/aromatic N) is 2. The predicted octanol–water partition coefficient (Wildman–Crippen LogP) is 0.886. The van der Waals surface area contributed by atoms with E-state index in [-0.39, 0.29) is 18.2 Å². The molecule has 0 aliphatic carbocycles. The summed E-state index contributed by atoms with van der Waals surface area (Å²) in [5, 5.41) is 2.32. The minimum absolute atomic E-state index is 0.214. The van der Waals surface area contributed by atoms with E-state index in [9.17, 15) is 9.59 Å². The van der Waals surface area contributed by atoms with Gasteiger partial charge < -0.3 is 4.90 Å². The van der Waals surface area contributed by atoms with Gasteiger partial charge in [0.2, 0.25) is 11.8 Å². The van der Waals surface area contributed by atoms with Gasteiger partial charge in [-0.3, -0.25) is 14.9 Å². The Kier molecular flexibility index (Phi) is 2.40. The summed E-state index contributed by atoms with van der Waals surface area (Å²) in [5.41, 5.74) is 3.21. The normalized spacial score (nSPS) is 22.1. The molecule has 0 bridgehead atoms. The maximum atomic E-state index is 11.6. The van der Waals surface area contributed by atoms with Crippen LogP contribution in [0.4, 0.5) is 5.69 Å². The number of hydrogen-bond acceptors (Lipinski definition) is 4. The topological polar surface area (TPSA) is 61.8 Å². The van der Waals surface area contributed by atoms with Crippen LogP contribution in [0.15, 0.2) is 23.2 Å². The van der Waals surface area contributed by atoms with Crippen molar-refractivity contribution in [1.29, 1.82) is 0 Å². The van der Waals surface area contributed by atoms with Crippen LogP contribution in [0.25, 0.3) is 0 Å². The highest BCUT2D eigenvalue weighted by molar-refractivity contribution is 6.06. The molecule has 5 heteroatoms. The van der Waals surface area contributed by atoms with Gasteiger partial charge in [-0.25, -0.2) is 4.99 Å². The van der Waals surface area contributed by atoms with Gasteiger partial charge in [-0.2, -0.15) is 0 Å². The van der Waals surface area contributed by atoms with Crippen molar-refractivity contribution in [1.82, 2.24) is 10.2 Å². The molecule has 0 saturated carbocycles. The first-order chi connectivity index (χ1) is 8.65. The van der Waals surface area contributed by atoms with E-state index in [1.165, 1.54) is 0 Å². The number of imide groups is 1. The van der Waals surface area contributed by atoms with Crippen molar-refractivity contribution in [2.45, 2.75) is 25.9 Å². The van der Waals surface area contributed by atoms with Gasteiger partial charge in [-0.15, -0.1) is 0 Å². The first-order valence-corrected chi connectivity index (χ1v) is 5.87. The highest BCUT2D eigenvalue weighted by atomic mass is 16.2. The Morgan fingerprint density at radius 2 is 2.22 bits per heavy atom.